The van der Waals surface area contributed by atoms with Crippen LogP contribution in [0.25, 0.3) is 0 Å². The fourth-order valence-corrected chi connectivity index (χ4v) is 5.17. The van der Waals surface area contributed by atoms with Gasteiger partial charge in [0.2, 0.25) is 11.8 Å². The van der Waals surface area contributed by atoms with Gasteiger partial charge in [-0.05, 0) is 70.4 Å². The number of imide groups is 1. The summed E-state index contributed by atoms with van der Waals surface area (Å²) in [5.41, 5.74) is 1.60. The van der Waals surface area contributed by atoms with Gasteiger partial charge in [-0.25, -0.2) is 4.79 Å². The van der Waals surface area contributed by atoms with Crippen LogP contribution in [0.4, 0.5) is 10.5 Å². The summed E-state index contributed by atoms with van der Waals surface area (Å²) in [7, 11) is 1.82. The van der Waals surface area contributed by atoms with E-state index in [0.717, 1.165) is 37.1 Å². The van der Waals surface area contributed by atoms with Crippen LogP contribution in [0, 0.1) is 0 Å². The second-order valence-electron chi connectivity index (χ2n) is 10.3. The number of hydrogen-bond donors (Lipinski definition) is 1. The van der Waals surface area contributed by atoms with Crippen molar-refractivity contribution in [2.45, 2.75) is 82.9 Å². The Bertz CT molecular complexity index is 917. The smallest absolute Gasteiger partial charge is 0.410 e. The molecule has 1 atom stereocenters. The number of hydrogen-bond acceptors (Lipinski definition) is 6. The van der Waals surface area contributed by atoms with Crippen molar-refractivity contribution in [2.75, 3.05) is 25.1 Å². The zero-order chi connectivity index (χ0) is 23.8. The van der Waals surface area contributed by atoms with Crippen molar-refractivity contribution >= 4 is 23.6 Å². The van der Waals surface area contributed by atoms with E-state index in [0.29, 0.717) is 31.9 Å². The van der Waals surface area contributed by atoms with Crippen LogP contribution in [0.3, 0.4) is 0 Å². The summed E-state index contributed by atoms with van der Waals surface area (Å²) in [6.45, 7) is 6.78. The van der Waals surface area contributed by atoms with Crippen molar-refractivity contribution < 1.29 is 23.9 Å². The third-order valence-electron chi connectivity index (χ3n) is 6.86. The quantitative estimate of drug-likeness (QED) is 0.698. The van der Waals surface area contributed by atoms with Crippen molar-refractivity contribution in [3.05, 3.63) is 23.8 Å². The molecule has 3 amide bonds. The zero-order valence-corrected chi connectivity index (χ0v) is 20.1. The van der Waals surface area contributed by atoms with Crippen molar-refractivity contribution in [3.63, 3.8) is 0 Å². The average molecular weight is 458 g/mol. The van der Waals surface area contributed by atoms with Gasteiger partial charge in [-0.3, -0.25) is 14.9 Å². The number of para-hydroxylation sites is 1. The normalized spacial score (nSPS) is 25.6. The molecule has 180 valence electrons. The Morgan fingerprint density at radius 3 is 2.55 bits per heavy atom. The molecule has 8 heteroatoms. The summed E-state index contributed by atoms with van der Waals surface area (Å²) in [6, 6.07) is 5.97. The van der Waals surface area contributed by atoms with Crippen molar-refractivity contribution in [2.24, 2.45) is 0 Å². The van der Waals surface area contributed by atoms with E-state index in [1.54, 1.807) is 4.90 Å². The van der Waals surface area contributed by atoms with Gasteiger partial charge >= 0.3 is 6.09 Å². The maximum Gasteiger partial charge on any atom is 0.410 e. The van der Waals surface area contributed by atoms with Crippen molar-refractivity contribution in [1.29, 1.82) is 0 Å². The predicted octanol–water partition coefficient (Wildman–Crippen LogP) is 3.58. The number of nitrogens with zero attached hydrogens (tertiary/aromatic N) is 2. The van der Waals surface area contributed by atoms with Crippen LogP contribution in [0.1, 0.15) is 70.8 Å². The monoisotopic (exact) mass is 457 g/mol. The number of rotatable bonds is 3. The van der Waals surface area contributed by atoms with E-state index in [2.05, 4.69) is 16.3 Å². The first-order valence-electron chi connectivity index (χ1n) is 12.0. The maximum absolute atomic E-state index is 12.5. The number of benzene rings is 1. The standard InChI is InChI=1S/C25H35N3O5/c1-25(2,3)33-24(31)27(4)17-10-8-16(9-11-17)18-6-5-7-19-22(18)32-15-14-28(19)20-12-13-21(29)26-23(20)30/h5-7,16-17,20H,8-15H2,1-4H3,(H,26,29,30). The molecule has 1 aliphatic carbocycles. The molecule has 1 saturated heterocycles. The summed E-state index contributed by atoms with van der Waals surface area (Å²) in [4.78, 5) is 40.4. The number of anilines is 1. The lowest BCUT2D eigenvalue weighted by molar-refractivity contribution is -0.134. The molecule has 0 bridgehead atoms. The van der Waals surface area contributed by atoms with E-state index >= 15 is 0 Å². The van der Waals surface area contributed by atoms with Gasteiger partial charge < -0.3 is 19.3 Å². The van der Waals surface area contributed by atoms with Gasteiger partial charge in [-0.1, -0.05) is 12.1 Å². The number of ether oxygens (including phenoxy) is 2. The van der Waals surface area contributed by atoms with Gasteiger partial charge in [0, 0.05) is 19.5 Å². The van der Waals surface area contributed by atoms with E-state index in [1.807, 2.05) is 40.0 Å². The molecule has 1 aromatic rings. The number of carbonyl (C=O) groups is 3. The number of carbonyl (C=O) groups excluding carboxylic acids is 3. The molecular weight excluding hydrogens is 422 g/mol. The topological polar surface area (TPSA) is 88.2 Å². The predicted molar refractivity (Wildman–Crippen MR) is 124 cm³/mol. The minimum atomic E-state index is -0.503. The van der Waals surface area contributed by atoms with Crippen molar-refractivity contribution in [3.8, 4) is 5.75 Å². The molecule has 0 spiro atoms. The number of fused-ring (bicyclic) bond motifs is 1. The van der Waals surface area contributed by atoms with Gasteiger partial charge in [0.1, 0.15) is 24.0 Å². The molecule has 0 aromatic heterocycles. The van der Waals surface area contributed by atoms with E-state index in [-0.39, 0.29) is 30.0 Å². The molecule has 1 N–H and O–H groups in total. The molecule has 3 aliphatic rings. The Morgan fingerprint density at radius 1 is 1.15 bits per heavy atom. The maximum atomic E-state index is 12.5. The lowest BCUT2D eigenvalue weighted by atomic mass is 9.80. The van der Waals surface area contributed by atoms with Crippen LogP contribution in [0.2, 0.25) is 0 Å². The highest BCUT2D eigenvalue weighted by atomic mass is 16.6. The Morgan fingerprint density at radius 2 is 1.88 bits per heavy atom. The van der Waals surface area contributed by atoms with Crippen molar-refractivity contribution in [1.82, 2.24) is 10.2 Å². The van der Waals surface area contributed by atoms with E-state index in [4.69, 9.17) is 9.47 Å². The third-order valence-corrected chi connectivity index (χ3v) is 6.86. The molecule has 1 saturated carbocycles. The number of piperidine rings is 1. The van der Waals surface area contributed by atoms with Gasteiger partial charge in [0.15, 0.2) is 0 Å². The second-order valence-corrected chi connectivity index (χ2v) is 10.3. The molecule has 2 heterocycles. The molecule has 2 aliphatic heterocycles. The molecule has 33 heavy (non-hydrogen) atoms. The lowest BCUT2D eigenvalue weighted by Crippen LogP contribution is -2.54. The highest BCUT2D eigenvalue weighted by molar-refractivity contribution is 6.02. The van der Waals surface area contributed by atoms with Crippen LogP contribution in [0.15, 0.2) is 18.2 Å². The minimum absolute atomic E-state index is 0.163. The summed E-state index contributed by atoms with van der Waals surface area (Å²) in [6.07, 6.45) is 4.33. The van der Waals surface area contributed by atoms with E-state index < -0.39 is 5.60 Å². The van der Waals surface area contributed by atoms with Gasteiger partial charge in [-0.2, -0.15) is 0 Å². The molecule has 4 rings (SSSR count). The molecule has 2 fully saturated rings. The van der Waals surface area contributed by atoms with E-state index in [1.165, 1.54) is 5.56 Å². The molecule has 8 nitrogen and oxygen atoms in total. The second kappa shape index (κ2) is 9.23. The Labute approximate surface area is 195 Å². The van der Waals surface area contributed by atoms with Gasteiger partial charge in [0.05, 0.1) is 12.2 Å². The highest BCUT2D eigenvalue weighted by Crippen LogP contribution is 2.44. The van der Waals surface area contributed by atoms with E-state index in [9.17, 15) is 14.4 Å². The number of amides is 3. The minimum Gasteiger partial charge on any atom is -0.489 e. The van der Waals surface area contributed by atoms with Crippen LogP contribution in [-0.4, -0.2) is 60.7 Å². The Hall–Kier alpha value is -2.77. The van der Waals surface area contributed by atoms with Crippen LogP contribution >= 0.6 is 0 Å². The first-order chi connectivity index (χ1) is 15.6. The Balaban J connectivity index is 1.46. The summed E-state index contributed by atoms with van der Waals surface area (Å²) >= 11 is 0. The summed E-state index contributed by atoms with van der Waals surface area (Å²) in [5.74, 6) is 0.768. The largest absolute Gasteiger partial charge is 0.489 e. The molecule has 0 radical (unpaired) electrons. The zero-order valence-electron chi connectivity index (χ0n) is 20.1. The molecular formula is C25H35N3O5. The fraction of sp³-hybridized carbons (Fsp3) is 0.640. The number of nitrogens with one attached hydrogen (secondary N) is 1. The summed E-state index contributed by atoms with van der Waals surface area (Å²) < 4.78 is 11.7. The highest BCUT2D eigenvalue weighted by Gasteiger charge is 2.37. The summed E-state index contributed by atoms with van der Waals surface area (Å²) in [5, 5.41) is 2.47. The fourth-order valence-electron chi connectivity index (χ4n) is 5.17. The Kier molecular flexibility index (Phi) is 6.54. The van der Waals surface area contributed by atoms with Crippen LogP contribution < -0.4 is 15.0 Å². The third kappa shape index (κ3) is 5.09. The average Bonchev–Trinajstić information content (AvgIpc) is 2.77. The first kappa shape index (κ1) is 23.4. The SMILES string of the molecule is CN(C(=O)OC(C)(C)C)C1CCC(c2cccc3c2OCCN3C2CCC(=O)NC2=O)CC1. The van der Waals surface area contributed by atoms with Gasteiger partial charge in [0.25, 0.3) is 0 Å². The van der Waals surface area contributed by atoms with Crippen LogP contribution in [-0.2, 0) is 14.3 Å². The van der Waals surface area contributed by atoms with Gasteiger partial charge in [-0.15, -0.1) is 0 Å². The first-order valence-corrected chi connectivity index (χ1v) is 12.0. The van der Waals surface area contributed by atoms with Crippen LogP contribution in [0.5, 0.6) is 5.75 Å². The molecule has 1 aromatic carbocycles. The lowest BCUT2D eigenvalue weighted by Gasteiger charge is -2.40. The molecule has 1 unspecified atom stereocenters.